The monoisotopic (exact) mass is 261 g/mol. The summed E-state index contributed by atoms with van der Waals surface area (Å²) in [5, 5.41) is 13.5. The first-order valence-electron chi connectivity index (χ1n) is 7.37. The van der Waals surface area contributed by atoms with Crippen molar-refractivity contribution in [1.82, 2.24) is 5.32 Å². The zero-order chi connectivity index (χ0) is 13.9. The second-order valence-electron chi connectivity index (χ2n) is 6.92. The molecule has 2 heteroatoms. The lowest BCUT2D eigenvalue weighted by atomic mass is 9.64. The number of nitrogens with one attached hydrogen (secondary N) is 1. The summed E-state index contributed by atoms with van der Waals surface area (Å²) in [6, 6.07) is 10.4. The molecule has 0 bridgehead atoms. The highest BCUT2D eigenvalue weighted by atomic mass is 16.3. The Bertz CT molecular complexity index is 401. The molecule has 2 nitrogen and oxygen atoms in total. The molecule has 0 saturated heterocycles. The highest BCUT2D eigenvalue weighted by Crippen LogP contribution is 2.43. The van der Waals surface area contributed by atoms with Crippen molar-refractivity contribution in [3.05, 3.63) is 35.9 Å². The molecule has 2 N–H and O–H groups in total. The van der Waals surface area contributed by atoms with E-state index < -0.39 is 0 Å². The maximum atomic E-state index is 9.90. The highest BCUT2D eigenvalue weighted by Gasteiger charge is 2.42. The maximum Gasteiger partial charge on any atom is 0.0616 e. The van der Waals surface area contributed by atoms with Gasteiger partial charge in [-0.25, -0.2) is 0 Å². The van der Waals surface area contributed by atoms with E-state index in [9.17, 15) is 5.11 Å². The second kappa shape index (κ2) is 5.64. The summed E-state index contributed by atoms with van der Waals surface area (Å²) in [5.74, 6) is 0.505. The fraction of sp³-hybridized carbons (Fsp3) is 0.647. The number of aliphatic hydroxyl groups is 1. The Morgan fingerprint density at radius 1 is 1.21 bits per heavy atom. The van der Waals surface area contributed by atoms with E-state index in [0.717, 1.165) is 13.0 Å². The van der Waals surface area contributed by atoms with E-state index in [1.165, 1.54) is 18.4 Å². The molecule has 0 heterocycles. The fourth-order valence-electron chi connectivity index (χ4n) is 3.36. The van der Waals surface area contributed by atoms with Gasteiger partial charge < -0.3 is 10.4 Å². The minimum atomic E-state index is -0.106. The Labute approximate surface area is 117 Å². The molecular weight excluding hydrogens is 234 g/mol. The van der Waals surface area contributed by atoms with Crippen LogP contribution >= 0.6 is 0 Å². The van der Waals surface area contributed by atoms with Gasteiger partial charge in [-0.05, 0) is 36.2 Å². The van der Waals surface area contributed by atoms with Crippen molar-refractivity contribution in [2.45, 2.75) is 52.1 Å². The molecule has 2 unspecified atom stereocenters. The highest BCUT2D eigenvalue weighted by molar-refractivity contribution is 5.15. The second-order valence-corrected chi connectivity index (χ2v) is 6.92. The van der Waals surface area contributed by atoms with Crippen LogP contribution in [-0.4, -0.2) is 17.3 Å². The smallest absolute Gasteiger partial charge is 0.0616 e. The van der Waals surface area contributed by atoms with E-state index in [0.29, 0.717) is 11.3 Å². The first-order chi connectivity index (χ1) is 8.97. The van der Waals surface area contributed by atoms with Gasteiger partial charge in [-0.1, -0.05) is 51.1 Å². The van der Waals surface area contributed by atoms with Crippen LogP contribution in [0.3, 0.4) is 0 Å². The SMILES string of the molecule is CC1CC(C)(C)CCC1(CO)NCc1ccccc1. The minimum absolute atomic E-state index is 0.106. The third kappa shape index (κ3) is 3.37. The first-order valence-corrected chi connectivity index (χ1v) is 7.37. The molecule has 106 valence electrons. The average Bonchev–Trinajstić information content (AvgIpc) is 2.39. The van der Waals surface area contributed by atoms with Crippen molar-refractivity contribution in [3.63, 3.8) is 0 Å². The van der Waals surface area contributed by atoms with Crippen molar-refractivity contribution in [3.8, 4) is 0 Å². The third-order valence-electron chi connectivity index (χ3n) is 4.82. The summed E-state index contributed by atoms with van der Waals surface area (Å²) >= 11 is 0. The van der Waals surface area contributed by atoms with Gasteiger partial charge in [-0.3, -0.25) is 0 Å². The Hall–Kier alpha value is -0.860. The van der Waals surface area contributed by atoms with E-state index in [4.69, 9.17) is 0 Å². The van der Waals surface area contributed by atoms with Gasteiger partial charge in [-0.15, -0.1) is 0 Å². The van der Waals surface area contributed by atoms with Gasteiger partial charge >= 0.3 is 0 Å². The van der Waals surface area contributed by atoms with Gasteiger partial charge in [-0.2, -0.15) is 0 Å². The molecule has 0 amide bonds. The van der Waals surface area contributed by atoms with Gasteiger partial charge in [0.15, 0.2) is 0 Å². The van der Waals surface area contributed by atoms with Gasteiger partial charge in [0, 0.05) is 12.1 Å². The van der Waals surface area contributed by atoms with Crippen LogP contribution in [0.5, 0.6) is 0 Å². The maximum absolute atomic E-state index is 9.90. The van der Waals surface area contributed by atoms with Gasteiger partial charge in [0.25, 0.3) is 0 Å². The van der Waals surface area contributed by atoms with Crippen molar-refractivity contribution in [1.29, 1.82) is 0 Å². The lowest BCUT2D eigenvalue weighted by molar-refractivity contribution is 0.0266. The van der Waals surface area contributed by atoms with Crippen LogP contribution < -0.4 is 5.32 Å². The number of aliphatic hydroxyl groups excluding tert-OH is 1. The summed E-state index contributed by atoms with van der Waals surface area (Å²) in [6.45, 7) is 8.02. The van der Waals surface area contributed by atoms with E-state index in [-0.39, 0.29) is 12.1 Å². The average molecular weight is 261 g/mol. The van der Waals surface area contributed by atoms with Gasteiger partial charge in [0.05, 0.1) is 6.61 Å². The molecule has 19 heavy (non-hydrogen) atoms. The molecule has 1 saturated carbocycles. The van der Waals surface area contributed by atoms with Crippen LogP contribution in [0.4, 0.5) is 0 Å². The zero-order valence-corrected chi connectivity index (χ0v) is 12.4. The van der Waals surface area contributed by atoms with Crippen molar-refractivity contribution in [2.75, 3.05) is 6.61 Å². The van der Waals surface area contributed by atoms with E-state index in [1.807, 2.05) is 6.07 Å². The molecule has 1 aromatic carbocycles. The Balaban J connectivity index is 2.03. The van der Waals surface area contributed by atoms with Gasteiger partial charge in [0.1, 0.15) is 0 Å². The zero-order valence-electron chi connectivity index (χ0n) is 12.4. The Kier molecular flexibility index (Phi) is 4.32. The molecule has 1 aliphatic carbocycles. The molecule has 0 radical (unpaired) electrons. The number of rotatable bonds is 4. The normalized spacial score (nSPS) is 30.2. The molecule has 0 aliphatic heterocycles. The summed E-state index contributed by atoms with van der Waals surface area (Å²) in [4.78, 5) is 0. The lowest BCUT2D eigenvalue weighted by Gasteiger charge is -2.48. The molecule has 0 aromatic heterocycles. The van der Waals surface area contributed by atoms with E-state index >= 15 is 0 Å². The van der Waals surface area contributed by atoms with Crippen molar-refractivity contribution in [2.24, 2.45) is 11.3 Å². The van der Waals surface area contributed by atoms with E-state index in [2.05, 4.69) is 50.4 Å². The molecule has 1 fully saturated rings. The number of benzene rings is 1. The predicted molar refractivity (Wildman–Crippen MR) is 79.9 cm³/mol. The number of hydrogen-bond donors (Lipinski definition) is 2. The van der Waals surface area contributed by atoms with Crippen LogP contribution in [0.25, 0.3) is 0 Å². The Morgan fingerprint density at radius 2 is 1.89 bits per heavy atom. The molecule has 2 atom stereocenters. The first kappa shape index (κ1) is 14.5. The summed E-state index contributed by atoms with van der Waals surface area (Å²) in [5.41, 5.74) is 1.59. The molecular formula is C17H27NO. The largest absolute Gasteiger partial charge is 0.394 e. The van der Waals surface area contributed by atoms with Crippen LogP contribution in [-0.2, 0) is 6.54 Å². The minimum Gasteiger partial charge on any atom is -0.394 e. The van der Waals surface area contributed by atoms with Gasteiger partial charge in [0.2, 0.25) is 0 Å². The Morgan fingerprint density at radius 3 is 2.47 bits per heavy atom. The van der Waals surface area contributed by atoms with Crippen LogP contribution in [0, 0.1) is 11.3 Å². The molecule has 1 aromatic rings. The van der Waals surface area contributed by atoms with Crippen molar-refractivity contribution >= 4 is 0 Å². The van der Waals surface area contributed by atoms with E-state index in [1.54, 1.807) is 0 Å². The molecule has 2 rings (SSSR count). The third-order valence-corrected chi connectivity index (χ3v) is 4.82. The molecule has 0 spiro atoms. The fourth-order valence-corrected chi connectivity index (χ4v) is 3.36. The molecule has 1 aliphatic rings. The lowest BCUT2D eigenvalue weighted by Crippen LogP contribution is -2.56. The topological polar surface area (TPSA) is 32.3 Å². The summed E-state index contributed by atoms with van der Waals surface area (Å²) in [6.07, 6.45) is 3.42. The quantitative estimate of drug-likeness (QED) is 0.871. The standard InChI is InChI=1S/C17H27NO/c1-14-11-16(2,3)9-10-17(14,13-19)18-12-15-7-5-4-6-8-15/h4-8,14,18-19H,9-13H2,1-3H3. The van der Waals surface area contributed by atoms with Crippen LogP contribution in [0.15, 0.2) is 30.3 Å². The summed E-state index contributed by atoms with van der Waals surface area (Å²) in [7, 11) is 0. The summed E-state index contributed by atoms with van der Waals surface area (Å²) < 4.78 is 0. The van der Waals surface area contributed by atoms with Crippen LogP contribution in [0.2, 0.25) is 0 Å². The predicted octanol–water partition coefficient (Wildman–Crippen LogP) is 3.35. The van der Waals surface area contributed by atoms with Crippen LogP contribution in [0.1, 0.15) is 45.6 Å². The van der Waals surface area contributed by atoms with Crippen molar-refractivity contribution < 1.29 is 5.11 Å². The number of hydrogen-bond acceptors (Lipinski definition) is 2.